The number of hydrogen-bond acceptors (Lipinski definition) is 2. The highest BCUT2D eigenvalue weighted by Crippen LogP contribution is 2.51. The van der Waals surface area contributed by atoms with Gasteiger partial charge in [-0.1, -0.05) is 182 Å². The Kier molecular flexibility index (Phi) is 6.66. The molecule has 1 aliphatic carbocycles. The largest absolute Gasteiger partial charge is 0.227 e. The first-order chi connectivity index (χ1) is 27.8. The Morgan fingerprint density at radius 2 is 0.786 bits per heavy atom. The summed E-state index contributed by atoms with van der Waals surface area (Å²) in [5, 5.41) is 10.1. The van der Waals surface area contributed by atoms with Gasteiger partial charge < -0.3 is 0 Å². The van der Waals surface area contributed by atoms with E-state index in [1.54, 1.807) is 0 Å². The summed E-state index contributed by atoms with van der Waals surface area (Å²) in [6.07, 6.45) is 0. The van der Waals surface area contributed by atoms with Crippen molar-refractivity contribution in [2.75, 3.05) is 0 Å². The molecule has 10 aromatic carbocycles. The summed E-state index contributed by atoms with van der Waals surface area (Å²) in [5.74, 6) is 0.725. The predicted octanol–water partition coefficient (Wildman–Crippen LogP) is 14.5. The summed E-state index contributed by atoms with van der Waals surface area (Å²) in [4.78, 5) is 10.8. The van der Waals surface area contributed by atoms with Gasteiger partial charge in [-0.2, -0.15) is 0 Å². The highest BCUT2D eigenvalue weighted by atomic mass is 14.9. The second kappa shape index (κ2) is 12.0. The first kappa shape index (κ1) is 31.0. The minimum atomic E-state index is 0.725. The Bertz CT molecular complexity index is 3330. The molecule has 0 amide bonds. The Morgan fingerprint density at radius 1 is 0.268 bits per heavy atom. The molecule has 0 unspecified atom stereocenters. The molecule has 12 rings (SSSR count). The third kappa shape index (κ3) is 4.57. The van der Waals surface area contributed by atoms with Gasteiger partial charge in [0.05, 0.1) is 11.4 Å². The molecular formula is C54H32N2. The summed E-state index contributed by atoms with van der Waals surface area (Å²) in [6.45, 7) is 0. The van der Waals surface area contributed by atoms with Gasteiger partial charge in [-0.25, -0.2) is 9.97 Å². The van der Waals surface area contributed by atoms with Crippen LogP contribution in [0, 0.1) is 0 Å². The standard InChI is InChI=1S/C54H32N2/c1-4-13-33(14-5-1)40-27-25-36-26-28-42-46(34-15-6-2-7-16-34)32-47(43-30-29-41(40)49(36)50(42)43)38-21-10-22-39(31-38)54-55-52(37-17-8-3-9-18-37)51-44-23-11-19-35-20-12-24-45(48(35)44)53(51)56-54/h1-32H. The molecule has 0 radical (unpaired) electrons. The molecule has 1 aromatic heterocycles. The quantitative estimate of drug-likeness (QED) is 0.166. The molecule has 0 aliphatic heterocycles. The molecule has 1 heterocycles. The molecule has 0 bridgehead atoms. The van der Waals surface area contributed by atoms with Crippen LogP contribution in [0.1, 0.15) is 0 Å². The second-order valence-corrected chi connectivity index (χ2v) is 14.8. The fraction of sp³-hybridized carbons (Fsp3) is 0. The zero-order chi connectivity index (χ0) is 36.7. The van der Waals surface area contributed by atoms with Crippen LogP contribution in [-0.4, -0.2) is 9.97 Å². The van der Waals surface area contributed by atoms with Gasteiger partial charge >= 0.3 is 0 Å². The van der Waals surface area contributed by atoms with Crippen LogP contribution in [0.5, 0.6) is 0 Å². The summed E-state index contributed by atoms with van der Waals surface area (Å²) in [5.41, 5.74) is 14.7. The van der Waals surface area contributed by atoms with Crippen molar-refractivity contribution in [3.05, 3.63) is 194 Å². The van der Waals surface area contributed by atoms with E-state index in [1.165, 1.54) is 82.0 Å². The van der Waals surface area contributed by atoms with Crippen LogP contribution in [-0.2, 0) is 0 Å². The lowest BCUT2D eigenvalue weighted by atomic mass is 9.84. The van der Waals surface area contributed by atoms with Gasteiger partial charge in [0.1, 0.15) is 0 Å². The molecule has 258 valence electrons. The highest BCUT2D eigenvalue weighted by Gasteiger charge is 2.28. The molecule has 56 heavy (non-hydrogen) atoms. The second-order valence-electron chi connectivity index (χ2n) is 14.8. The van der Waals surface area contributed by atoms with Crippen molar-refractivity contribution in [1.82, 2.24) is 9.97 Å². The third-order valence-electron chi connectivity index (χ3n) is 11.8. The molecule has 0 atom stereocenters. The molecule has 0 fully saturated rings. The van der Waals surface area contributed by atoms with E-state index < -0.39 is 0 Å². The topological polar surface area (TPSA) is 25.8 Å². The van der Waals surface area contributed by atoms with E-state index in [2.05, 4.69) is 194 Å². The van der Waals surface area contributed by atoms with Gasteiger partial charge in [-0.05, 0) is 94.2 Å². The molecule has 11 aromatic rings. The van der Waals surface area contributed by atoms with Crippen molar-refractivity contribution in [3.63, 3.8) is 0 Å². The lowest BCUT2D eigenvalue weighted by molar-refractivity contribution is 1.19. The first-order valence-electron chi connectivity index (χ1n) is 19.2. The zero-order valence-electron chi connectivity index (χ0n) is 30.4. The van der Waals surface area contributed by atoms with E-state index in [1.807, 2.05) is 0 Å². The SMILES string of the molecule is c1ccc(-c2nc(-c3cccc(-c4cc(-c5ccccc5)c5ccc6ccc(-c7ccccc7)c7ccc4c5c67)c3)nc3c2-c2cccc4cccc-3c24)cc1. The van der Waals surface area contributed by atoms with Crippen molar-refractivity contribution in [2.24, 2.45) is 0 Å². The number of benzene rings is 10. The summed E-state index contributed by atoms with van der Waals surface area (Å²) in [7, 11) is 0. The van der Waals surface area contributed by atoms with Crippen LogP contribution in [0.15, 0.2) is 194 Å². The van der Waals surface area contributed by atoms with Crippen molar-refractivity contribution < 1.29 is 0 Å². The normalized spacial score (nSPS) is 11.9. The third-order valence-corrected chi connectivity index (χ3v) is 11.8. The summed E-state index contributed by atoms with van der Waals surface area (Å²) >= 11 is 0. The van der Waals surface area contributed by atoms with E-state index in [0.717, 1.165) is 39.5 Å². The average molecular weight is 709 g/mol. The number of aromatic nitrogens is 2. The molecular weight excluding hydrogens is 677 g/mol. The lowest BCUT2D eigenvalue weighted by Crippen LogP contribution is -1.98. The Balaban J connectivity index is 1.11. The van der Waals surface area contributed by atoms with Crippen molar-refractivity contribution in [1.29, 1.82) is 0 Å². The zero-order valence-corrected chi connectivity index (χ0v) is 30.4. The van der Waals surface area contributed by atoms with Gasteiger partial charge in [0.2, 0.25) is 0 Å². The van der Waals surface area contributed by atoms with Gasteiger partial charge in [-0.15, -0.1) is 0 Å². The number of nitrogens with zero attached hydrogens (tertiary/aromatic N) is 2. The van der Waals surface area contributed by atoms with E-state index >= 15 is 0 Å². The smallest absolute Gasteiger partial charge is 0.160 e. The minimum absolute atomic E-state index is 0.725. The maximum atomic E-state index is 5.41. The molecule has 2 nitrogen and oxygen atoms in total. The van der Waals surface area contributed by atoms with Crippen molar-refractivity contribution in [2.45, 2.75) is 0 Å². The fourth-order valence-corrected chi connectivity index (χ4v) is 9.28. The van der Waals surface area contributed by atoms with Gasteiger partial charge in [0.15, 0.2) is 5.82 Å². The average Bonchev–Trinajstić information content (AvgIpc) is 3.60. The number of fused-ring (bicyclic) bond motifs is 3. The Morgan fingerprint density at radius 3 is 1.52 bits per heavy atom. The van der Waals surface area contributed by atoms with E-state index in [4.69, 9.17) is 9.97 Å². The van der Waals surface area contributed by atoms with Crippen molar-refractivity contribution >= 4 is 43.1 Å². The van der Waals surface area contributed by atoms with Crippen LogP contribution >= 0.6 is 0 Å². The van der Waals surface area contributed by atoms with Crippen molar-refractivity contribution in [3.8, 4) is 78.4 Å². The predicted molar refractivity (Wildman–Crippen MR) is 235 cm³/mol. The van der Waals surface area contributed by atoms with Gasteiger partial charge in [0, 0.05) is 22.3 Å². The molecule has 2 heteroatoms. The molecule has 1 aliphatic rings. The molecule has 0 saturated carbocycles. The van der Waals surface area contributed by atoms with Crippen LogP contribution in [0.3, 0.4) is 0 Å². The van der Waals surface area contributed by atoms with Crippen LogP contribution < -0.4 is 0 Å². The van der Waals surface area contributed by atoms with E-state index in [9.17, 15) is 0 Å². The maximum Gasteiger partial charge on any atom is 0.160 e. The van der Waals surface area contributed by atoms with E-state index in [-0.39, 0.29) is 0 Å². The van der Waals surface area contributed by atoms with E-state index in [0.29, 0.717) is 0 Å². The highest BCUT2D eigenvalue weighted by molar-refractivity contribution is 6.30. The Hall–Kier alpha value is -7.42. The lowest BCUT2D eigenvalue weighted by Gasteiger charge is -2.20. The molecule has 0 saturated heterocycles. The Labute approximate surface area is 324 Å². The van der Waals surface area contributed by atoms with Crippen LogP contribution in [0.2, 0.25) is 0 Å². The first-order valence-corrected chi connectivity index (χ1v) is 19.2. The number of hydrogen-bond donors (Lipinski definition) is 0. The fourth-order valence-electron chi connectivity index (χ4n) is 9.28. The summed E-state index contributed by atoms with van der Waals surface area (Å²) in [6, 6.07) is 70.3. The molecule has 0 spiro atoms. The monoisotopic (exact) mass is 708 g/mol. The summed E-state index contributed by atoms with van der Waals surface area (Å²) < 4.78 is 0. The van der Waals surface area contributed by atoms with Crippen LogP contribution in [0.4, 0.5) is 0 Å². The van der Waals surface area contributed by atoms with Crippen LogP contribution in [0.25, 0.3) is 122 Å². The minimum Gasteiger partial charge on any atom is -0.227 e. The number of rotatable bonds is 5. The van der Waals surface area contributed by atoms with Gasteiger partial charge in [-0.3, -0.25) is 0 Å². The van der Waals surface area contributed by atoms with Gasteiger partial charge in [0.25, 0.3) is 0 Å². The maximum absolute atomic E-state index is 5.41. The molecule has 0 N–H and O–H groups in total.